The molecule has 0 fully saturated rings. The molecule has 1 aromatic heterocycles. The number of sulfonamides is 1. The Hall–Kier alpha value is -1.54. The van der Waals surface area contributed by atoms with E-state index in [4.69, 9.17) is 10.2 Å². The third kappa shape index (κ3) is 2.03. The standard InChI is InChI=1S/C6H8N2O5S/c1-8-4(13-6(9)10)2-3-5(8)14(7,11)12/h2-3H,1H3,(H,9,10)(H2,7,11,12). The minimum Gasteiger partial charge on any atom is -0.449 e. The number of hydrogen-bond acceptors (Lipinski definition) is 4. The van der Waals surface area contributed by atoms with Gasteiger partial charge in [-0.3, -0.25) is 0 Å². The molecule has 0 saturated carbocycles. The number of carbonyl (C=O) groups is 1. The summed E-state index contributed by atoms with van der Waals surface area (Å²) in [6, 6.07) is 2.36. The summed E-state index contributed by atoms with van der Waals surface area (Å²) in [6.45, 7) is 0. The van der Waals surface area contributed by atoms with E-state index in [2.05, 4.69) is 4.74 Å². The molecule has 3 N–H and O–H groups in total. The Balaban J connectivity index is 3.16. The third-order valence-corrected chi connectivity index (χ3v) is 2.51. The second kappa shape index (κ2) is 3.31. The lowest BCUT2D eigenvalue weighted by atomic mass is 10.6. The molecule has 0 bridgehead atoms. The van der Waals surface area contributed by atoms with Crippen LogP contribution in [0.5, 0.6) is 5.88 Å². The van der Waals surface area contributed by atoms with Crippen molar-refractivity contribution in [2.45, 2.75) is 5.03 Å². The molecule has 78 valence electrons. The monoisotopic (exact) mass is 220 g/mol. The van der Waals surface area contributed by atoms with Gasteiger partial charge in [0.05, 0.1) is 0 Å². The molecule has 7 nitrogen and oxygen atoms in total. The molecule has 0 amide bonds. The van der Waals surface area contributed by atoms with E-state index < -0.39 is 16.2 Å². The van der Waals surface area contributed by atoms with Crippen molar-refractivity contribution >= 4 is 16.2 Å². The van der Waals surface area contributed by atoms with Crippen molar-refractivity contribution in [3.8, 4) is 5.88 Å². The van der Waals surface area contributed by atoms with Gasteiger partial charge in [0, 0.05) is 13.1 Å². The maximum atomic E-state index is 10.9. The molecular formula is C6H8N2O5S. The second-order valence-electron chi connectivity index (χ2n) is 2.48. The van der Waals surface area contributed by atoms with Crippen molar-refractivity contribution in [3.05, 3.63) is 12.1 Å². The van der Waals surface area contributed by atoms with Gasteiger partial charge in [0.15, 0.2) is 5.03 Å². The molecule has 0 aliphatic heterocycles. The van der Waals surface area contributed by atoms with Gasteiger partial charge >= 0.3 is 6.16 Å². The number of carboxylic acid groups (broad SMARTS) is 1. The first-order valence-corrected chi connectivity index (χ1v) is 4.96. The molecule has 0 radical (unpaired) electrons. The van der Waals surface area contributed by atoms with Crippen LogP contribution in [0.2, 0.25) is 0 Å². The maximum Gasteiger partial charge on any atom is 0.512 e. The summed E-state index contributed by atoms with van der Waals surface area (Å²) in [7, 11) is -2.53. The van der Waals surface area contributed by atoms with E-state index >= 15 is 0 Å². The summed E-state index contributed by atoms with van der Waals surface area (Å²) in [5.41, 5.74) is 0. The highest BCUT2D eigenvalue weighted by Gasteiger charge is 2.16. The molecule has 1 heterocycles. The Morgan fingerprint density at radius 3 is 2.50 bits per heavy atom. The summed E-state index contributed by atoms with van der Waals surface area (Å²) in [4.78, 5) is 10.2. The largest absolute Gasteiger partial charge is 0.512 e. The average molecular weight is 220 g/mol. The Kier molecular flexibility index (Phi) is 2.49. The van der Waals surface area contributed by atoms with E-state index in [0.717, 1.165) is 10.6 Å². The first-order valence-electron chi connectivity index (χ1n) is 3.41. The molecule has 0 atom stereocenters. The summed E-state index contributed by atoms with van der Waals surface area (Å²) in [6.07, 6.45) is -1.52. The van der Waals surface area contributed by atoms with Gasteiger partial charge in [-0.05, 0) is 6.07 Å². The van der Waals surface area contributed by atoms with Gasteiger partial charge in [0.25, 0.3) is 10.0 Å². The third-order valence-electron chi connectivity index (χ3n) is 1.51. The molecule has 0 aliphatic rings. The Morgan fingerprint density at radius 1 is 1.57 bits per heavy atom. The van der Waals surface area contributed by atoms with Crippen LogP contribution < -0.4 is 9.88 Å². The van der Waals surface area contributed by atoms with Crippen molar-refractivity contribution in [3.63, 3.8) is 0 Å². The molecule has 1 rings (SSSR count). The molecule has 8 heteroatoms. The number of hydrogen-bond donors (Lipinski definition) is 2. The topological polar surface area (TPSA) is 112 Å². The van der Waals surface area contributed by atoms with Gasteiger partial charge in [0.1, 0.15) is 0 Å². The van der Waals surface area contributed by atoms with Crippen molar-refractivity contribution in [2.75, 3.05) is 0 Å². The van der Waals surface area contributed by atoms with Crippen LogP contribution in [-0.2, 0) is 17.1 Å². The molecular weight excluding hydrogens is 212 g/mol. The molecule has 1 aromatic rings. The number of rotatable bonds is 2. The fourth-order valence-corrected chi connectivity index (χ4v) is 1.68. The summed E-state index contributed by atoms with van der Waals surface area (Å²) in [5.74, 6) is -0.110. The predicted molar refractivity (Wildman–Crippen MR) is 45.4 cm³/mol. The minimum absolute atomic E-state index is 0.110. The fourth-order valence-electron chi connectivity index (χ4n) is 0.952. The summed E-state index contributed by atoms with van der Waals surface area (Å²) >= 11 is 0. The number of aromatic nitrogens is 1. The number of primary sulfonamides is 1. The SMILES string of the molecule is Cn1c(OC(=O)O)ccc1S(N)(=O)=O. The van der Waals surface area contributed by atoms with Gasteiger partial charge in [-0.25, -0.2) is 18.4 Å². The first-order chi connectivity index (χ1) is 6.32. The zero-order valence-corrected chi connectivity index (χ0v) is 7.98. The van der Waals surface area contributed by atoms with Crippen LogP contribution in [-0.4, -0.2) is 24.2 Å². The lowest BCUT2D eigenvalue weighted by Crippen LogP contribution is -2.16. The minimum atomic E-state index is -3.86. The maximum absolute atomic E-state index is 10.9. The zero-order chi connectivity index (χ0) is 10.9. The van der Waals surface area contributed by atoms with Crippen LogP contribution in [0, 0.1) is 0 Å². The smallest absolute Gasteiger partial charge is 0.449 e. The van der Waals surface area contributed by atoms with E-state index in [9.17, 15) is 13.2 Å². The van der Waals surface area contributed by atoms with E-state index in [1.165, 1.54) is 13.1 Å². The second-order valence-corrected chi connectivity index (χ2v) is 3.99. The fraction of sp³-hybridized carbons (Fsp3) is 0.167. The van der Waals surface area contributed by atoms with Crippen LogP contribution >= 0.6 is 0 Å². The van der Waals surface area contributed by atoms with Crippen molar-refractivity contribution < 1.29 is 23.1 Å². The van der Waals surface area contributed by atoms with E-state index in [1.807, 2.05) is 0 Å². The van der Waals surface area contributed by atoms with Crippen LogP contribution in [0.3, 0.4) is 0 Å². The normalized spacial score (nSPS) is 11.3. The summed E-state index contributed by atoms with van der Waals surface area (Å²) in [5, 5.41) is 12.9. The molecule has 14 heavy (non-hydrogen) atoms. The van der Waals surface area contributed by atoms with Gasteiger partial charge < -0.3 is 14.4 Å². The zero-order valence-electron chi connectivity index (χ0n) is 7.17. The van der Waals surface area contributed by atoms with Crippen LogP contribution in [0.25, 0.3) is 0 Å². The average Bonchev–Trinajstić information content (AvgIpc) is 2.30. The highest BCUT2D eigenvalue weighted by molar-refractivity contribution is 7.89. The Labute approximate surface area is 79.8 Å². The molecule has 0 spiro atoms. The van der Waals surface area contributed by atoms with E-state index in [-0.39, 0.29) is 10.9 Å². The number of nitrogens with zero attached hydrogens (tertiary/aromatic N) is 1. The van der Waals surface area contributed by atoms with Gasteiger partial charge in [-0.1, -0.05) is 0 Å². The van der Waals surface area contributed by atoms with Gasteiger partial charge in [-0.15, -0.1) is 0 Å². The molecule has 0 aliphatic carbocycles. The predicted octanol–water partition coefficient (Wildman–Crippen LogP) is -0.271. The van der Waals surface area contributed by atoms with E-state index in [1.54, 1.807) is 0 Å². The highest BCUT2D eigenvalue weighted by atomic mass is 32.2. The number of nitrogens with two attached hydrogens (primary N) is 1. The van der Waals surface area contributed by atoms with E-state index in [0.29, 0.717) is 0 Å². The molecule has 0 unspecified atom stereocenters. The van der Waals surface area contributed by atoms with Crippen LogP contribution in [0.4, 0.5) is 4.79 Å². The molecule has 0 aromatic carbocycles. The Morgan fingerprint density at radius 2 is 2.14 bits per heavy atom. The lowest BCUT2D eigenvalue weighted by molar-refractivity contribution is 0.140. The first kappa shape index (κ1) is 10.5. The lowest BCUT2D eigenvalue weighted by Gasteiger charge is -2.03. The quantitative estimate of drug-likeness (QED) is 0.666. The van der Waals surface area contributed by atoms with Crippen molar-refractivity contribution in [2.24, 2.45) is 12.2 Å². The van der Waals surface area contributed by atoms with Crippen LogP contribution in [0.15, 0.2) is 17.2 Å². The van der Waals surface area contributed by atoms with Crippen LogP contribution in [0.1, 0.15) is 0 Å². The Bertz CT molecular complexity index is 461. The molecule has 0 saturated heterocycles. The van der Waals surface area contributed by atoms with Gasteiger partial charge in [-0.2, -0.15) is 0 Å². The van der Waals surface area contributed by atoms with Crippen molar-refractivity contribution in [1.82, 2.24) is 4.57 Å². The van der Waals surface area contributed by atoms with Gasteiger partial charge in [0.2, 0.25) is 5.88 Å². The number of ether oxygens (including phenoxy) is 1. The highest BCUT2D eigenvalue weighted by Crippen LogP contribution is 2.18. The van der Waals surface area contributed by atoms with Crippen molar-refractivity contribution in [1.29, 1.82) is 0 Å². The summed E-state index contributed by atoms with van der Waals surface area (Å²) < 4.78 is 27.1.